The molecule has 1 aromatic carbocycles. The third kappa shape index (κ3) is 3.92. The fourth-order valence-corrected chi connectivity index (χ4v) is 3.77. The van der Waals surface area contributed by atoms with Gasteiger partial charge in [-0.15, -0.1) is 10.2 Å². The highest BCUT2D eigenvalue weighted by Gasteiger charge is 2.29. The standard InChI is InChI=1S/C22H21FN6O/c1-29(20-5-3-2-4-17(20)23)22-9-8-18(27-28-22)16-7-6-14(10-21(16)30)19-13-25-15(11-24)12-26-19/h6-10,12-13,17,20,30H,2-5H2,1H3/t17-,20+/m0/s1. The largest absolute Gasteiger partial charge is 0.507 e. The molecule has 30 heavy (non-hydrogen) atoms. The Bertz CT molecular complexity index is 1060. The van der Waals surface area contributed by atoms with Crippen LogP contribution >= 0.6 is 0 Å². The predicted octanol–water partition coefficient (Wildman–Crippen LogP) is 3.89. The molecule has 1 aliphatic carbocycles. The second-order valence-electron chi connectivity index (χ2n) is 7.39. The number of nitrogens with zero attached hydrogens (tertiary/aromatic N) is 6. The lowest BCUT2D eigenvalue weighted by Gasteiger charge is -2.34. The molecule has 0 amide bonds. The molecule has 2 atom stereocenters. The molecule has 3 aromatic rings. The molecule has 1 saturated carbocycles. The van der Waals surface area contributed by atoms with Crippen LogP contribution in [0, 0.1) is 11.3 Å². The van der Waals surface area contributed by atoms with Crippen LogP contribution in [0.25, 0.3) is 22.5 Å². The minimum atomic E-state index is -0.855. The summed E-state index contributed by atoms with van der Waals surface area (Å²) < 4.78 is 14.3. The topological polar surface area (TPSA) is 98.8 Å². The van der Waals surface area contributed by atoms with Crippen molar-refractivity contribution in [2.75, 3.05) is 11.9 Å². The summed E-state index contributed by atoms with van der Waals surface area (Å²) in [4.78, 5) is 10.0. The molecule has 2 aromatic heterocycles. The number of rotatable bonds is 4. The van der Waals surface area contributed by atoms with Crippen LogP contribution in [-0.4, -0.2) is 44.5 Å². The number of nitriles is 1. The molecular formula is C22H21FN6O. The average molecular weight is 404 g/mol. The first-order valence-electron chi connectivity index (χ1n) is 9.83. The van der Waals surface area contributed by atoms with Crippen LogP contribution in [0.1, 0.15) is 31.4 Å². The molecule has 0 bridgehead atoms. The zero-order valence-electron chi connectivity index (χ0n) is 16.5. The quantitative estimate of drug-likeness (QED) is 0.704. The number of phenolic OH excluding ortho intramolecular Hbond substituents is 1. The molecule has 0 saturated heterocycles. The van der Waals surface area contributed by atoms with Gasteiger partial charge in [-0.3, -0.25) is 4.98 Å². The highest BCUT2D eigenvalue weighted by atomic mass is 19.1. The third-order valence-corrected chi connectivity index (χ3v) is 5.49. The van der Waals surface area contributed by atoms with Crippen molar-refractivity contribution in [3.05, 3.63) is 48.4 Å². The number of halogens is 1. The Labute approximate surface area is 173 Å². The summed E-state index contributed by atoms with van der Waals surface area (Å²) in [6.45, 7) is 0. The number of alkyl halides is 1. The molecule has 1 N–H and O–H groups in total. The Morgan fingerprint density at radius 2 is 1.90 bits per heavy atom. The van der Waals surface area contributed by atoms with Crippen molar-refractivity contribution in [2.45, 2.75) is 37.9 Å². The van der Waals surface area contributed by atoms with E-state index in [1.807, 2.05) is 18.0 Å². The molecule has 0 unspecified atom stereocenters. The summed E-state index contributed by atoms with van der Waals surface area (Å²) in [5, 5.41) is 27.8. The van der Waals surface area contributed by atoms with Crippen molar-refractivity contribution >= 4 is 5.82 Å². The van der Waals surface area contributed by atoms with E-state index in [2.05, 4.69) is 20.2 Å². The summed E-state index contributed by atoms with van der Waals surface area (Å²) in [7, 11) is 1.84. The van der Waals surface area contributed by atoms with Crippen LogP contribution in [0.4, 0.5) is 10.2 Å². The Balaban J connectivity index is 1.54. The van der Waals surface area contributed by atoms with E-state index >= 15 is 0 Å². The van der Waals surface area contributed by atoms with Gasteiger partial charge in [0.05, 0.1) is 29.8 Å². The lowest BCUT2D eigenvalue weighted by Crippen LogP contribution is -2.41. The summed E-state index contributed by atoms with van der Waals surface area (Å²) in [6.07, 6.45) is 5.36. The molecule has 2 heterocycles. The van der Waals surface area contributed by atoms with Crippen LogP contribution in [0.3, 0.4) is 0 Å². The smallest absolute Gasteiger partial charge is 0.158 e. The molecule has 0 radical (unpaired) electrons. The lowest BCUT2D eigenvalue weighted by atomic mass is 9.92. The van der Waals surface area contributed by atoms with E-state index in [9.17, 15) is 9.50 Å². The van der Waals surface area contributed by atoms with Gasteiger partial charge in [0.25, 0.3) is 0 Å². The Morgan fingerprint density at radius 1 is 1.07 bits per heavy atom. The molecule has 1 aliphatic rings. The molecular weight excluding hydrogens is 383 g/mol. The fraction of sp³-hybridized carbons (Fsp3) is 0.318. The van der Waals surface area contributed by atoms with E-state index in [-0.39, 0.29) is 17.5 Å². The molecule has 7 nitrogen and oxygen atoms in total. The summed E-state index contributed by atoms with van der Waals surface area (Å²) in [5.74, 6) is 0.641. The van der Waals surface area contributed by atoms with E-state index in [0.29, 0.717) is 34.8 Å². The van der Waals surface area contributed by atoms with Gasteiger partial charge in [-0.25, -0.2) is 9.37 Å². The molecule has 1 fully saturated rings. The van der Waals surface area contributed by atoms with E-state index in [4.69, 9.17) is 5.26 Å². The van der Waals surface area contributed by atoms with Gasteiger partial charge >= 0.3 is 0 Å². The van der Waals surface area contributed by atoms with Gasteiger partial charge in [-0.1, -0.05) is 18.9 Å². The minimum absolute atomic E-state index is 0.0326. The summed E-state index contributed by atoms with van der Waals surface area (Å²) >= 11 is 0. The monoisotopic (exact) mass is 404 g/mol. The second-order valence-corrected chi connectivity index (χ2v) is 7.39. The molecule has 152 valence electrons. The molecule has 8 heteroatoms. The normalized spacial score (nSPS) is 18.6. The van der Waals surface area contributed by atoms with Gasteiger partial charge < -0.3 is 10.0 Å². The Kier molecular flexibility index (Phi) is 5.53. The molecule has 4 rings (SSSR count). The Morgan fingerprint density at radius 3 is 2.53 bits per heavy atom. The van der Waals surface area contributed by atoms with E-state index in [0.717, 1.165) is 19.3 Å². The summed E-state index contributed by atoms with van der Waals surface area (Å²) in [6, 6.07) is 10.4. The van der Waals surface area contributed by atoms with Crippen LogP contribution in [0.2, 0.25) is 0 Å². The van der Waals surface area contributed by atoms with Crippen LogP contribution in [-0.2, 0) is 0 Å². The van der Waals surface area contributed by atoms with E-state index in [1.54, 1.807) is 30.3 Å². The minimum Gasteiger partial charge on any atom is -0.507 e. The van der Waals surface area contributed by atoms with Gasteiger partial charge in [-0.2, -0.15) is 5.26 Å². The number of anilines is 1. The predicted molar refractivity (Wildman–Crippen MR) is 110 cm³/mol. The van der Waals surface area contributed by atoms with Crippen LogP contribution in [0.15, 0.2) is 42.7 Å². The second kappa shape index (κ2) is 8.41. The Hall–Kier alpha value is -3.60. The van der Waals surface area contributed by atoms with Gasteiger partial charge in [0.15, 0.2) is 11.5 Å². The van der Waals surface area contributed by atoms with Gasteiger partial charge in [0.1, 0.15) is 18.0 Å². The maximum atomic E-state index is 14.3. The van der Waals surface area contributed by atoms with Crippen LogP contribution < -0.4 is 4.90 Å². The van der Waals surface area contributed by atoms with Crippen molar-refractivity contribution < 1.29 is 9.50 Å². The van der Waals surface area contributed by atoms with Crippen LogP contribution in [0.5, 0.6) is 5.75 Å². The van der Waals surface area contributed by atoms with Crippen molar-refractivity contribution in [1.29, 1.82) is 5.26 Å². The van der Waals surface area contributed by atoms with E-state index < -0.39 is 6.17 Å². The number of aromatic hydroxyl groups is 1. The zero-order valence-corrected chi connectivity index (χ0v) is 16.5. The average Bonchev–Trinajstić information content (AvgIpc) is 2.79. The van der Waals surface area contributed by atoms with Crippen molar-refractivity contribution in [2.24, 2.45) is 0 Å². The number of hydrogen-bond donors (Lipinski definition) is 1. The van der Waals surface area contributed by atoms with Crippen molar-refractivity contribution in [3.8, 4) is 34.3 Å². The van der Waals surface area contributed by atoms with Gasteiger partial charge in [-0.05, 0) is 37.1 Å². The number of phenols is 1. The number of aromatic nitrogens is 4. The van der Waals surface area contributed by atoms with Crippen molar-refractivity contribution in [3.63, 3.8) is 0 Å². The fourth-order valence-electron chi connectivity index (χ4n) is 3.77. The number of benzene rings is 1. The van der Waals surface area contributed by atoms with Gasteiger partial charge in [0, 0.05) is 18.2 Å². The highest BCUT2D eigenvalue weighted by Crippen LogP contribution is 2.33. The highest BCUT2D eigenvalue weighted by molar-refractivity contribution is 5.73. The van der Waals surface area contributed by atoms with E-state index in [1.165, 1.54) is 12.4 Å². The summed E-state index contributed by atoms with van der Waals surface area (Å²) in [5.41, 5.74) is 2.49. The SMILES string of the molecule is CN(c1ccc(-c2ccc(-c3cnc(C#N)cn3)cc2O)nn1)[C@@H]1CCCC[C@@H]1F. The van der Waals surface area contributed by atoms with Crippen molar-refractivity contribution in [1.82, 2.24) is 20.2 Å². The maximum Gasteiger partial charge on any atom is 0.158 e. The first-order valence-corrected chi connectivity index (χ1v) is 9.83. The number of hydrogen-bond acceptors (Lipinski definition) is 7. The molecule has 0 aliphatic heterocycles. The zero-order chi connectivity index (χ0) is 21.1. The first kappa shape index (κ1) is 19.7. The van der Waals surface area contributed by atoms with Gasteiger partial charge in [0.2, 0.25) is 0 Å². The maximum absolute atomic E-state index is 14.3. The molecule has 0 spiro atoms. The third-order valence-electron chi connectivity index (χ3n) is 5.49. The lowest BCUT2D eigenvalue weighted by molar-refractivity contribution is 0.213. The first-order chi connectivity index (χ1) is 14.6.